The van der Waals surface area contributed by atoms with Crippen LogP contribution in [0, 0.1) is 0 Å². The Kier molecular flexibility index (Phi) is 4.97. The van der Waals surface area contributed by atoms with Crippen LogP contribution >= 0.6 is 0 Å². The number of hydrogen-bond acceptors (Lipinski definition) is 1. The molecule has 0 aliphatic rings. The molecule has 0 aliphatic carbocycles. The van der Waals surface area contributed by atoms with Gasteiger partial charge in [0, 0.05) is 0 Å². The largest absolute Gasteiger partial charge is 0.403 e. The third-order valence-corrected chi connectivity index (χ3v) is 1.51. The van der Waals surface area contributed by atoms with Gasteiger partial charge in [-0.05, 0) is 19.4 Å². The van der Waals surface area contributed by atoms with Crippen LogP contribution in [-0.2, 0) is 0 Å². The van der Waals surface area contributed by atoms with E-state index in [-0.39, 0.29) is 6.42 Å². The molecule has 0 amide bonds. The van der Waals surface area contributed by atoms with E-state index in [4.69, 9.17) is 0 Å². The fraction of sp³-hybridized carbons (Fsp3) is 0.750. The van der Waals surface area contributed by atoms with Gasteiger partial charge in [0.1, 0.15) is 6.04 Å². The first-order valence-corrected chi connectivity index (χ1v) is 3.93. The molecule has 12 heavy (non-hydrogen) atoms. The second-order valence-electron chi connectivity index (χ2n) is 2.52. The van der Waals surface area contributed by atoms with Crippen LogP contribution in [0.1, 0.15) is 19.8 Å². The molecule has 1 unspecified atom stereocenters. The minimum atomic E-state index is -4.14. The van der Waals surface area contributed by atoms with Crippen LogP contribution in [0.4, 0.5) is 13.2 Å². The molecule has 1 N–H and O–H groups in total. The summed E-state index contributed by atoms with van der Waals surface area (Å²) < 4.78 is 36.4. The molecule has 0 heterocycles. The van der Waals surface area contributed by atoms with Gasteiger partial charge in [0.25, 0.3) is 0 Å². The maximum atomic E-state index is 12.1. The summed E-state index contributed by atoms with van der Waals surface area (Å²) in [6, 6.07) is -1.39. The number of alkyl halides is 3. The van der Waals surface area contributed by atoms with E-state index in [1.54, 1.807) is 6.92 Å². The second kappa shape index (κ2) is 5.19. The Balaban J connectivity index is 3.94. The van der Waals surface area contributed by atoms with Crippen LogP contribution < -0.4 is 5.32 Å². The monoisotopic (exact) mass is 181 g/mol. The molecule has 72 valence electrons. The van der Waals surface area contributed by atoms with Crippen molar-refractivity contribution < 1.29 is 13.2 Å². The number of nitrogens with one attached hydrogen (secondary N) is 1. The van der Waals surface area contributed by atoms with E-state index in [0.717, 1.165) is 0 Å². The fourth-order valence-electron chi connectivity index (χ4n) is 0.912. The maximum absolute atomic E-state index is 12.1. The zero-order valence-electron chi connectivity index (χ0n) is 7.12. The van der Waals surface area contributed by atoms with E-state index in [1.165, 1.54) is 6.08 Å². The summed E-state index contributed by atoms with van der Waals surface area (Å²) in [5.41, 5.74) is 0. The normalized spacial score (nSPS) is 14.3. The van der Waals surface area contributed by atoms with E-state index in [2.05, 4.69) is 11.9 Å². The molecule has 0 radical (unpaired) electrons. The number of allylic oxidation sites excluding steroid dienone is 1. The Morgan fingerprint density at radius 2 is 2.08 bits per heavy atom. The van der Waals surface area contributed by atoms with Gasteiger partial charge in [-0.3, -0.25) is 0 Å². The van der Waals surface area contributed by atoms with E-state index < -0.39 is 12.2 Å². The van der Waals surface area contributed by atoms with Crippen molar-refractivity contribution in [2.24, 2.45) is 0 Å². The first kappa shape index (κ1) is 11.5. The molecule has 1 atom stereocenters. The summed E-state index contributed by atoms with van der Waals surface area (Å²) in [7, 11) is 0. The summed E-state index contributed by atoms with van der Waals surface area (Å²) in [5, 5.41) is 2.38. The highest BCUT2D eigenvalue weighted by molar-refractivity contribution is 4.78. The standard InChI is InChI=1S/C8H14F3N/c1-3-5-6-7(12-4-2)8(9,10)11/h3,7,12H,1,4-6H2,2H3. The van der Waals surface area contributed by atoms with Gasteiger partial charge in [0.2, 0.25) is 0 Å². The van der Waals surface area contributed by atoms with Gasteiger partial charge in [-0.2, -0.15) is 13.2 Å². The quantitative estimate of drug-likeness (QED) is 0.642. The van der Waals surface area contributed by atoms with Gasteiger partial charge in [-0.25, -0.2) is 0 Å². The molecular weight excluding hydrogens is 167 g/mol. The number of hydrogen-bond donors (Lipinski definition) is 1. The van der Waals surface area contributed by atoms with E-state index in [0.29, 0.717) is 13.0 Å². The predicted octanol–water partition coefficient (Wildman–Crippen LogP) is 2.49. The van der Waals surface area contributed by atoms with E-state index in [1.807, 2.05) is 0 Å². The Morgan fingerprint density at radius 3 is 2.42 bits per heavy atom. The zero-order chi connectivity index (χ0) is 9.61. The Bertz CT molecular complexity index is 131. The van der Waals surface area contributed by atoms with Crippen molar-refractivity contribution in [2.75, 3.05) is 6.54 Å². The third kappa shape index (κ3) is 4.38. The molecule has 0 aromatic carbocycles. The average Bonchev–Trinajstić information content (AvgIpc) is 1.95. The first-order valence-electron chi connectivity index (χ1n) is 3.93. The van der Waals surface area contributed by atoms with E-state index >= 15 is 0 Å². The van der Waals surface area contributed by atoms with Gasteiger partial charge >= 0.3 is 6.18 Å². The average molecular weight is 181 g/mol. The smallest absolute Gasteiger partial charge is 0.306 e. The fourth-order valence-corrected chi connectivity index (χ4v) is 0.912. The summed E-state index contributed by atoms with van der Waals surface area (Å²) >= 11 is 0. The highest BCUT2D eigenvalue weighted by Gasteiger charge is 2.37. The molecule has 4 heteroatoms. The SMILES string of the molecule is C=CCCC(NCC)C(F)(F)F. The van der Waals surface area contributed by atoms with Gasteiger partial charge in [-0.1, -0.05) is 13.0 Å². The topological polar surface area (TPSA) is 12.0 Å². The van der Waals surface area contributed by atoms with Crippen molar-refractivity contribution in [3.63, 3.8) is 0 Å². The number of rotatable bonds is 5. The lowest BCUT2D eigenvalue weighted by Gasteiger charge is -2.19. The first-order chi connectivity index (χ1) is 5.52. The van der Waals surface area contributed by atoms with E-state index in [9.17, 15) is 13.2 Å². The van der Waals surface area contributed by atoms with Crippen LogP contribution in [0.15, 0.2) is 12.7 Å². The highest BCUT2D eigenvalue weighted by Crippen LogP contribution is 2.23. The second-order valence-corrected chi connectivity index (χ2v) is 2.52. The lowest BCUT2D eigenvalue weighted by Crippen LogP contribution is -2.41. The van der Waals surface area contributed by atoms with Gasteiger partial charge < -0.3 is 5.32 Å². The van der Waals surface area contributed by atoms with Crippen LogP contribution in [0.25, 0.3) is 0 Å². The van der Waals surface area contributed by atoms with Crippen molar-refractivity contribution in [2.45, 2.75) is 32.0 Å². The van der Waals surface area contributed by atoms with Crippen molar-refractivity contribution in [3.05, 3.63) is 12.7 Å². The molecule has 0 fully saturated rings. The highest BCUT2D eigenvalue weighted by atomic mass is 19.4. The molecule has 0 saturated heterocycles. The Labute approximate surface area is 70.7 Å². The van der Waals surface area contributed by atoms with Crippen molar-refractivity contribution >= 4 is 0 Å². The molecule has 0 aromatic heterocycles. The molecule has 0 aliphatic heterocycles. The molecule has 0 bridgehead atoms. The summed E-state index contributed by atoms with van der Waals surface area (Å²) in [5.74, 6) is 0. The van der Waals surface area contributed by atoms with Crippen LogP contribution in [0.3, 0.4) is 0 Å². The maximum Gasteiger partial charge on any atom is 0.403 e. The third-order valence-electron chi connectivity index (χ3n) is 1.51. The van der Waals surface area contributed by atoms with Crippen LogP contribution in [-0.4, -0.2) is 18.8 Å². The molecular formula is C8H14F3N. The van der Waals surface area contributed by atoms with Gasteiger partial charge in [0.05, 0.1) is 0 Å². The lowest BCUT2D eigenvalue weighted by molar-refractivity contribution is -0.156. The number of halogens is 3. The zero-order valence-corrected chi connectivity index (χ0v) is 7.12. The molecule has 1 nitrogen and oxygen atoms in total. The predicted molar refractivity (Wildman–Crippen MR) is 43.0 cm³/mol. The minimum absolute atomic E-state index is 0.0703. The van der Waals surface area contributed by atoms with Gasteiger partial charge in [0.15, 0.2) is 0 Å². The molecule has 0 rings (SSSR count). The molecule has 0 aromatic rings. The summed E-state index contributed by atoms with van der Waals surface area (Å²) in [4.78, 5) is 0. The van der Waals surface area contributed by atoms with Crippen molar-refractivity contribution in [1.82, 2.24) is 5.32 Å². The van der Waals surface area contributed by atoms with Crippen LogP contribution in [0.5, 0.6) is 0 Å². The van der Waals surface area contributed by atoms with Crippen molar-refractivity contribution in [1.29, 1.82) is 0 Å². The molecule has 0 spiro atoms. The summed E-state index contributed by atoms with van der Waals surface area (Å²) in [6.45, 7) is 5.37. The lowest BCUT2D eigenvalue weighted by atomic mass is 10.1. The molecule has 0 saturated carbocycles. The summed E-state index contributed by atoms with van der Waals surface area (Å²) in [6.07, 6.45) is -2.19. The van der Waals surface area contributed by atoms with Gasteiger partial charge in [-0.15, -0.1) is 6.58 Å². The Hall–Kier alpha value is -0.510. The van der Waals surface area contributed by atoms with Crippen LogP contribution in [0.2, 0.25) is 0 Å². The minimum Gasteiger partial charge on any atom is -0.306 e. The Morgan fingerprint density at radius 1 is 1.50 bits per heavy atom. The van der Waals surface area contributed by atoms with Crippen molar-refractivity contribution in [3.8, 4) is 0 Å².